The zero-order chi connectivity index (χ0) is 16.1. The Morgan fingerprint density at radius 1 is 1.09 bits per heavy atom. The minimum atomic E-state index is 0.0662. The Morgan fingerprint density at radius 2 is 1.83 bits per heavy atom. The molecule has 120 valence electrons. The summed E-state index contributed by atoms with van der Waals surface area (Å²) in [6.07, 6.45) is 8.92. The first-order chi connectivity index (χ1) is 11.3. The van der Waals surface area contributed by atoms with E-state index in [1.165, 1.54) is 0 Å². The second kappa shape index (κ2) is 7.17. The van der Waals surface area contributed by atoms with Crippen molar-refractivity contribution in [1.29, 1.82) is 0 Å². The molecule has 0 atom stereocenters. The standard InChI is InChI=1S/C17H21N5O/c1-2-14-12-19-17(20-13-14)22-9-3-8-21(10-11-22)16(23)15-4-6-18-7-5-15/h4-7,12-13H,2-3,8-11H2,1H3. The Bertz CT molecular complexity index is 644. The van der Waals surface area contributed by atoms with E-state index in [0.29, 0.717) is 12.1 Å². The molecule has 1 aliphatic rings. The van der Waals surface area contributed by atoms with Crippen LogP contribution in [-0.4, -0.2) is 51.9 Å². The van der Waals surface area contributed by atoms with Crippen LogP contribution in [0, 0.1) is 0 Å². The van der Waals surface area contributed by atoms with Crippen molar-refractivity contribution in [2.24, 2.45) is 0 Å². The first-order valence-electron chi connectivity index (χ1n) is 8.03. The van der Waals surface area contributed by atoms with Gasteiger partial charge in [-0.3, -0.25) is 9.78 Å². The minimum Gasteiger partial charge on any atom is -0.339 e. The molecule has 0 aliphatic carbocycles. The SMILES string of the molecule is CCc1cnc(N2CCCN(C(=O)c3ccncc3)CC2)nc1. The maximum absolute atomic E-state index is 12.5. The summed E-state index contributed by atoms with van der Waals surface area (Å²) >= 11 is 0. The van der Waals surface area contributed by atoms with Crippen molar-refractivity contribution in [1.82, 2.24) is 19.9 Å². The van der Waals surface area contributed by atoms with Crippen LogP contribution in [0.5, 0.6) is 0 Å². The van der Waals surface area contributed by atoms with Crippen LogP contribution in [0.1, 0.15) is 29.3 Å². The molecule has 0 spiro atoms. The van der Waals surface area contributed by atoms with E-state index in [1.807, 2.05) is 17.3 Å². The number of nitrogens with zero attached hydrogens (tertiary/aromatic N) is 5. The van der Waals surface area contributed by atoms with Crippen LogP contribution in [0.15, 0.2) is 36.9 Å². The zero-order valence-electron chi connectivity index (χ0n) is 13.4. The molecule has 23 heavy (non-hydrogen) atoms. The summed E-state index contributed by atoms with van der Waals surface area (Å²) in [7, 11) is 0. The molecule has 2 aromatic heterocycles. The Kier molecular flexibility index (Phi) is 4.80. The fraction of sp³-hybridized carbons (Fsp3) is 0.412. The predicted molar refractivity (Wildman–Crippen MR) is 88.4 cm³/mol. The van der Waals surface area contributed by atoms with Gasteiger partial charge in [-0.25, -0.2) is 9.97 Å². The van der Waals surface area contributed by atoms with Gasteiger partial charge in [0, 0.05) is 56.5 Å². The monoisotopic (exact) mass is 311 g/mol. The van der Waals surface area contributed by atoms with E-state index >= 15 is 0 Å². The fourth-order valence-electron chi connectivity index (χ4n) is 2.69. The van der Waals surface area contributed by atoms with Gasteiger partial charge in [0.05, 0.1) is 0 Å². The van der Waals surface area contributed by atoms with Crippen LogP contribution in [0.3, 0.4) is 0 Å². The quantitative estimate of drug-likeness (QED) is 0.865. The van der Waals surface area contributed by atoms with E-state index in [-0.39, 0.29) is 5.91 Å². The van der Waals surface area contributed by atoms with Gasteiger partial charge in [-0.15, -0.1) is 0 Å². The normalized spacial score (nSPS) is 15.3. The van der Waals surface area contributed by atoms with Crippen molar-refractivity contribution >= 4 is 11.9 Å². The van der Waals surface area contributed by atoms with Crippen LogP contribution in [0.2, 0.25) is 0 Å². The predicted octanol–water partition coefficient (Wildman–Crippen LogP) is 1.79. The lowest BCUT2D eigenvalue weighted by atomic mass is 10.2. The lowest BCUT2D eigenvalue weighted by Gasteiger charge is -2.22. The molecule has 3 rings (SSSR count). The van der Waals surface area contributed by atoms with Crippen molar-refractivity contribution in [2.45, 2.75) is 19.8 Å². The summed E-state index contributed by atoms with van der Waals surface area (Å²) in [5, 5.41) is 0. The Labute approximate surface area is 136 Å². The molecular weight excluding hydrogens is 290 g/mol. The molecule has 0 unspecified atom stereocenters. The Balaban J connectivity index is 1.66. The summed E-state index contributed by atoms with van der Waals surface area (Å²) in [6, 6.07) is 3.52. The number of carbonyl (C=O) groups excluding carboxylic acids is 1. The molecule has 6 nitrogen and oxygen atoms in total. The van der Waals surface area contributed by atoms with E-state index in [1.54, 1.807) is 24.5 Å². The van der Waals surface area contributed by atoms with Crippen molar-refractivity contribution in [3.8, 4) is 0 Å². The second-order valence-corrected chi connectivity index (χ2v) is 5.61. The van der Waals surface area contributed by atoms with Gasteiger partial charge in [0.1, 0.15) is 0 Å². The highest BCUT2D eigenvalue weighted by Crippen LogP contribution is 2.13. The highest BCUT2D eigenvalue weighted by Gasteiger charge is 2.21. The molecule has 1 saturated heterocycles. The van der Waals surface area contributed by atoms with Crippen LogP contribution < -0.4 is 4.90 Å². The minimum absolute atomic E-state index is 0.0662. The first-order valence-corrected chi connectivity index (χ1v) is 8.03. The highest BCUT2D eigenvalue weighted by atomic mass is 16.2. The first kappa shape index (κ1) is 15.4. The molecule has 2 aromatic rings. The number of rotatable bonds is 3. The molecule has 1 aliphatic heterocycles. The molecular formula is C17H21N5O. The summed E-state index contributed by atoms with van der Waals surface area (Å²) in [6.45, 7) is 5.14. The number of carbonyl (C=O) groups is 1. The largest absolute Gasteiger partial charge is 0.339 e. The maximum Gasteiger partial charge on any atom is 0.254 e. The number of pyridine rings is 1. The number of anilines is 1. The molecule has 0 bridgehead atoms. The van der Waals surface area contributed by atoms with Crippen molar-refractivity contribution in [3.05, 3.63) is 48.0 Å². The molecule has 0 radical (unpaired) electrons. The highest BCUT2D eigenvalue weighted by molar-refractivity contribution is 5.94. The van der Waals surface area contributed by atoms with Gasteiger partial charge in [-0.1, -0.05) is 6.92 Å². The fourth-order valence-corrected chi connectivity index (χ4v) is 2.69. The lowest BCUT2D eigenvalue weighted by molar-refractivity contribution is 0.0767. The van der Waals surface area contributed by atoms with Gasteiger partial charge in [0.2, 0.25) is 5.95 Å². The lowest BCUT2D eigenvalue weighted by Crippen LogP contribution is -2.35. The van der Waals surface area contributed by atoms with Gasteiger partial charge in [0.25, 0.3) is 5.91 Å². The van der Waals surface area contributed by atoms with E-state index in [0.717, 1.165) is 44.0 Å². The van der Waals surface area contributed by atoms with Crippen LogP contribution >= 0.6 is 0 Å². The molecule has 0 aromatic carbocycles. The van der Waals surface area contributed by atoms with Gasteiger partial charge in [-0.2, -0.15) is 0 Å². The van der Waals surface area contributed by atoms with E-state index < -0.39 is 0 Å². The molecule has 0 saturated carbocycles. The summed E-state index contributed by atoms with van der Waals surface area (Å²) < 4.78 is 0. The maximum atomic E-state index is 12.5. The molecule has 6 heteroatoms. The summed E-state index contributed by atoms with van der Waals surface area (Å²) in [5.41, 5.74) is 1.83. The van der Waals surface area contributed by atoms with Gasteiger partial charge >= 0.3 is 0 Å². The topological polar surface area (TPSA) is 62.2 Å². The van der Waals surface area contributed by atoms with Gasteiger partial charge in [-0.05, 0) is 30.5 Å². The van der Waals surface area contributed by atoms with Crippen molar-refractivity contribution < 1.29 is 4.79 Å². The molecule has 0 N–H and O–H groups in total. The number of aromatic nitrogens is 3. The van der Waals surface area contributed by atoms with E-state index in [2.05, 4.69) is 26.8 Å². The summed E-state index contributed by atoms with van der Waals surface area (Å²) in [5.74, 6) is 0.817. The number of aryl methyl sites for hydroxylation is 1. The second-order valence-electron chi connectivity index (χ2n) is 5.61. The van der Waals surface area contributed by atoms with Crippen molar-refractivity contribution in [2.75, 3.05) is 31.1 Å². The van der Waals surface area contributed by atoms with Crippen molar-refractivity contribution in [3.63, 3.8) is 0 Å². The third-order valence-corrected chi connectivity index (χ3v) is 4.09. The number of hydrogen-bond acceptors (Lipinski definition) is 5. The Morgan fingerprint density at radius 3 is 2.52 bits per heavy atom. The van der Waals surface area contributed by atoms with Gasteiger partial charge in [0.15, 0.2) is 0 Å². The van der Waals surface area contributed by atoms with Crippen LogP contribution in [0.25, 0.3) is 0 Å². The molecule has 1 amide bonds. The van der Waals surface area contributed by atoms with Gasteiger partial charge < -0.3 is 9.80 Å². The van der Waals surface area contributed by atoms with Crippen LogP contribution in [-0.2, 0) is 6.42 Å². The third kappa shape index (κ3) is 3.64. The average Bonchev–Trinajstić information content (AvgIpc) is 2.88. The zero-order valence-corrected chi connectivity index (χ0v) is 13.4. The smallest absolute Gasteiger partial charge is 0.254 e. The Hall–Kier alpha value is -2.50. The molecule has 1 fully saturated rings. The number of hydrogen-bond donors (Lipinski definition) is 0. The molecule has 3 heterocycles. The number of amides is 1. The van der Waals surface area contributed by atoms with E-state index in [9.17, 15) is 4.79 Å². The average molecular weight is 311 g/mol. The third-order valence-electron chi connectivity index (χ3n) is 4.09. The van der Waals surface area contributed by atoms with Crippen LogP contribution in [0.4, 0.5) is 5.95 Å². The summed E-state index contributed by atoms with van der Waals surface area (Å²) in [4.78, 5) is 29.4. The van der Waals surface area contributed by atoms with E-state index in [4.69, 9.17) is 0 Å².